The molecule has 0 bridgehead atoms. The van der Waals surface area contributed by atoms with E-state index in [0.717, 1.165) is 11.3 Å². The number of ether oxygens (including phenoxy) is 1. The van der Waals surface area contributed by atoms with Gasteiger partial charge in [-0.3, -0.25) is 9.69 Å². The highest BCUT2D eigenvalue weighted by Gasteiger charge is 2.25. The number of aromatic nitrogens is 5. The van der Waals surface area contributed by atoms with Gasteiger partial charge in [-0.25, -0.2) is 18.9 Å². The number of benzene rings is 2. The molecule has 33 heavy (non-hydrogen) atoms. The molecule has 0 aliphatic rings. The third kappa shape index (κ3) is 4.93. The maximum Gasteiger partial charge on any atom is 0.350 e. The Kier molecular flexibility index (Phi) is 6.50. The number of nitrogens with zero attached hydrogens (tertiary/aromatic N) is 6. The molecule has 0 aliphatic carbocycles. The molecule has 2 heterocycles. The van der Waals surface area contributed by atoms with Crippen LogP contribution in [0.2, 0.25) is 0 Å². The molecule has 4 rings (SSSR count). The van der Waals surface area contributed by atoms with Crippen LogP contribution < -0.4 is 4.90 Å². The van der Waals surface area contributed by atoms with Crippen LogP contribution in [0.4, 0.5) is 9.52 Å². The summed E-state index contributed by atoms with van der Waals surface area (Å²) < 4.78 is 19.9. The van der Waals surface area contributed by atoms with Gasteiger partial charge in [0.2, 0.25) is 0 Å². The Morgan fingerprint density at radius 3 is 2.67 bits per heavy atom. The molecule has 2 aromatic heterocycles. The molecular formula is C22H19FN6O3S. The Hall–Kier alpha value is -3.99. The molecular weight excluding hydrogens is 447 g/mol. The number of rotatable bonds is 7. The minimum absolute atomic E-state index is 0.128. The van der Waals surface area contributed by atoms with Crippen molar-refractivity contribution < 1.29 is 18.7 Å². The van der Waals surface area contributed by atoms with Gasteiger partial charge in [0.15, 0.2) is 5.13 Å². The van der Waals surface area contributed by atoms with Crippen LogP contribution in [-0.4, -0.2) is 43.7 Å². The van der Waals surface area contributed by atoms with Gasteiger partial charge in [0.05, 0.1) is 24.5 Å². The maximum atomic E-state index is 13.6. The average molecular weight is 466 g/mol. The van der Waals surface area contributed by atoms with E-state index in [1.54, 1.807) is 50.2 Å². The molecule has 0 saturated heterocycles. The van der Waals surface area contributed by atoms with Crippen molar-refractivity contribution >= 4 is 28.3 Å². The van der Waals surface area contributed by atoms with Crippen LogP contribution in [0.25, 0.3) is 5.69 Å². The molecule has 0 spiro atoms. The number of esters is 1. The molecule has 2 aromatic carbocycles. The molecule has 0 radical (unpaired) electrons. The van der Waals surface area contributed by atoms with Crippen LogP contribution >= 0.6 is 11.3 Å². The second-order valence-corrected chi connectivity index (χ2v) is 7.93. The van der Waals surface area contributed by atoms with E-state index in [2.05, 4.69) is 20.5 Å². The summed E-state index contributed by atoms with van der Waals surface area (Å²) in [5.41, 5.74) is 2.14. The van der Waals surface area contributed by atoms with E-state index in [1.807, 2.05) is 0 Å². The third-order valence-corrected chi connectivity index (χ3v) is 5.84. The van der Waals surface area contributed by atoms with Crippen molar-refractivity contribution in [3.05, 3.63) is 82.4 Å². The fraction of sp³-hybridized carbons (Fsp3) is 0.182. The highest BCUT2D eigenvalue weighted by molar-refractivity contribution is 7.17. The molecule has 0 aliphatic heterocycles. The third-order valence-electron chi connectivity index (χ3n) is 4.68. The zero-order chi connectivity index (χ0) is 23.4. The SMILES string of the molecule is CCOC(=O)c1sc(N(Cc2ccc(F)cc2)C(=O)c2cccc(-n3cnnn3)c2)nc1C. The molecule has 4 aromatic rings. The van der Waals surface area contributed by atoms with Crippen molar-refractivity contribution in [3.8, 4) is 5.69 Å². The summed E-state index contributed by atoms with van der Waals surface area (Å²) in [5.74, 6) is -1.22. The standard InChI is InChI=1S/C22H19FN6O3S/c1-3-32-21(31)19-14(2)25-22(33-19)28(12-15-7-9-17(23)10-8-15)20(30)16-5-4-6-18(11-16)29-13-24-26-27-29/h4-11,13H,3,12H2,1-2H3. The lowest BCUT2D eigenvalue weighted by Gasteiger charge is -2.20. The smallest absolute Gasteiger partial charge is 0.350 e. The maximum absolute atomic E-state index is 13.6. The summed E-state index contributed by atoms with van der Waals surface area (Å²) in [7, 11) is 0. The van der Waals surface area contributed by atoms with Gasteiger partial charge in [-0.2, -0.15) is 0 Å². The summed E-state index contributed by atoms with van der Waals surface area (Å²) in [4.78, 5) is 32.1. The van der Waals surface area contributed by atoms with Crippen LogP contribution in [0, 0.1) is 12.7 Å². The summed E-state index contributed by atoms with van der Waals surface area (Å²) in [6.45, 7) is 3.76. The van der Waals surface area contributed by atoms with E-state index in [-0.39, 0.29) is 24.9 Å². The first-order chi connectivity index (χ1) is 16.0. The van der Waals surface area contributed by atoms with E-state index in [4.69, 9.17) is 4.74 Å². The number of carbonyl (C=O) groups excluding carboxylic acids is 2. The molecule has 1 amide bonds. The van der Waals surface area contributed by atoms with Gasteiger partial charge < -0.3 is 4.74 Å². The van der Waals surface area contributed by atoms with Crippen molar-refractivity contribution in [2.45, 2.75) is 20.4 Å². The Labute approximate surface area is 192 Å². The zero-order valence-electron chi connectivity index (χ0n) is 17.8. The second kappa shape index (κ2) is 9.65. The number of halogens is 1. The summed E-state index contributed by atoms with van der Waals surface area (Å²) in [5, 5.41) is 11.4. The molecule has 0 saturated carbocycles. The summed E-state index contributed by atoms with van der Waals surface area (Å²) in [6, 6.07) is 12.7. The van der Waals surface area contributed by atoms with Crippen LogP contribution in [0.15, 0.2) is 54.9 Å². The molecule has 168 valence electrons. The summed E-state index contributed by atoms with van der Waals surface area (Å²) in [6.07, 6.45) is 1.43. The normalized spacial score (nSPS) is 10.8. The van der Waals surface area contributed by atoms with Crippen LogP contribution in [0.1, 0.15) is 38.2 Å². The number of thiazole rings is 1. The van der Waals surface area contributed by atoms with E-state index in [0.29, 0.717) is 32.5 Å². The van der Waals surface area contributed by atoms with Gasteiger partial charge in [0.25, 0.3) is 5.91 Å². The second-order valence-electron chi connectivity index (χ2n) is 6.95. The first kappa shape index (κ1) is 22.2. The van der Waals surface area contributed by atoms with Gasteiger partial charge in [-0.05, 0) is 60.2 Å². The zero-order valence-corrected chi connectivity index (χ0v) is 18.6. The minimum atomic E-state index is -0.492. The number of tetrazole rings is 1. The molecule has 11 heteroatoms. The van der Waals surface area contributed by atoms with Crippen molar-refractivity contribution in [2.24, 2.45) is 0 Å². The molecule has 9 nitrogen and oxygen atoms in total. The van der Waals surface area contributed by atoms with E-state index in [9.17, 15) is 14.0 Å². The monoisotopic (exact) mass is 466 g/mol. The van der Waals surface area contributed by atoms with Gasteiger partial charge in [0, 0.05) is 5.56 Å². The lowest BCUT2D eigenvalue weighted by molar-refractivity contribution is 0.0531. The predicted octanol–water partition coefficient (Wildman–Crippen LogP) is 3.59. The minimum Gasteiger partial charge on any atom is -0.462 e. The van der Waals surface area contributed by atoms with Crippen molar-refractivity contribution in [3.63, 3.8) is 0 Å². The number of hydrogen-bond acceptors (Lipinski definition) is 8. The van der Waals surface area contributed by atoms with E-state index >= 15 is 0 Å². The van der Waals surface area contributed by atoms with Crippen LogP contribution in [0.3, 0.4) is 0 Å². The Balaban J connectivity index is 1.72. The highest BCUT2D eigenvalue weighted by Crippen LogP contribution is 2.29. The van der Waals surface area contributed by atoms with Gasteiger partial charge in [-0.1, -0.05) is 29.5 Å². The Morgan fingerprint density at radius 2 is 1.97 bits per heavy atom. The van der Waals surface area contributed by atoms with Gasteiger partial charge >= 0.3 is 5.97 Å². The highest BCUT2D eigenvalue weighted by atomic mass is 32.1. The lowest BCUT2D eigenvalue weighted by atomic mass is 10.1. The van der Waals surface area contributed by atoms with Crippen LogP contribution in [-0.2, 0) is 11.3 Å². The van der Waals surface area contributed by atoms with E-state index in [1.165, 1.54) is 28.0 Å². The average Bonchev–Trinajstić information content (AvgIpc) is 3.49. The number of amides is 1. The fourth-order valence-electron chi connectivity index (χ4n) is 3.10. The van der Waals surface area contributed by atoms with Crippen molar-refractivity contribution in [1.82, 2.24) is 25.2 Å². The first-order valence-electron chi connectivity index (χ1n) is 10.0. The topological polar surface area (TPSA) is 103 Å². The predicted molar refractivity (Wildman–Crippen MR) is 119 cm³/mol. The largest absolute Gasteiger partial charge is 0.462 e. The van der Waals surface area contributed by atoms with E-state index < -0.39 is 5.97 Å². The molecule has 0 fully saturated rings. The Morgan fingerprint density at radius 1 is 1.18 bits per heavy atom. The van der Waals surface area contributed by atoms with Crippen molar-refractivity contribution in [2.75, 3.05) is 11.5 Å². The molecule has 0 unspecified atom stereocenters. The fourth-order valence-corrected chi connectivity index (χ4v) is 4.06. The molecule has 0 N–H and O–H groups in total. The lowest BCUT2D eigenvalue weighted by Crippen LogP contribution is -2.30. The number of hydrogen-bond donors (Lipinski definition) is 0. The molecule has 0 atom stereocenters. The Bertz CT molecular complexity index is 1270. The van der Waals surface area contributed by atoms with Crippen LogP contribution in [0.5, 0.6) is 0 Å². The van der Waals surface area contributed by atoms with Gasteiger partial charge in [0.1, 0.15) is 17.0 Å². The van der Waals surface area contributed by atoms with Gasteiger partial charge in [-0.15, -0.1) is 5.10 Å². The first-order valence-corrected chi connectivity index (χ1v) is 10.8. The quantitative estimate of drug-likeness (QED) is 0.384. The summed E-state index contributed by atoms with van der Waals surface area (Å²) >= 11 is 1.07. The number of anilines is 1. The number of carbonyl (C=O) groups is 2. The number of aryl methyl sites for hydroxylation is 1. The van der Waals surface area contributed by atoms with Crippen molar-refractivity contribution in [1.29, 1.82) is 0 Å².